The van der Waals surface area contributed by atoms with E-state index in [1.807, 2.05) is 13.0 Å². The summed E-state index contributed by atoms with van der Waals surface area (Å²) in [6, 6.07) is 15.2. The molecule has 1 amide bonds. The lowest BCUT2D eigenvalue weighted by atomic mass is 10.2. The third-order valence-electron chi connectivity index (χ3n) is 4.38. The average Bonchev–Trinajstić information content (AvgIpc) is 3.11. The van der Waals surface area contributed by atoms with E-state index in [1.165, 1.54) is 23.9 Å². The minimum atomic E-state index is -0.525. The molecular weight excluding hydrogens is 452 g/mol. The predicted octanol–water partition coefficient (Wildman–Crippen LogP) is 5.64. The molecule has 3 aromatic rings. The molecule has 2 aromatic carbocycles. The largest absolute Gasteiger partial charge is 0.439 e. The number of hydrogen-bond donors (Lipinski definition) is 1. The summed E-state index contributed by atoms with van der Waals surface area (Å²) in [6.07, 6.45) is 2.88. The van der Waals surface area contributed by atoms with Gasteiger partial charge in [-0.2, -0.15) is 0 Å². The fraction of sp³-hybridized carbons (Fsp3) is 0.0455. The Morgan fingerprint density at radius 2 is 1.97 bits per heavy atom. The number of aromatic nitrogens is 1. The van der Waals surface area contributed by atoms with Gasteiger partial charge in [-0.1, -0.05) is 29.8 Å². The third kappa shape index (κ3) is 5.13. The topological polar surface area (TPSA) is 107 Å². The summed E-state index contributed by atoms with van der Waals surface area (Å²) in [4.78, 5) is 31.4. The first kappa shape index (κ1) is 21.5. The highest BCUT2D eigenvalue weighted by atomic mass is 35.5. The van der Waals surface area contributed by atoms with Crippen LogP contribution in [0.1, 0.15) is 11.1 Å². The van der Waals surface area contributed by atoms with Crippen LogP contribution in [0.15, 0.2) is 70.7 Å². The molecule has 1 aliphatic rings. The smallest absolute Gasteiger partial charge is 0.287 e. The molecule has 8 nitrogen and oxygen atoms in total. The van der Waals surface area contributed by atoms with Gasteiger partial charge in [0.1, 0.15) is 11.9 Å². The van der Waals surface area contributed by atoms with Crippen LogP contribution in [-0.2, 0) is 4.79 Å². The van der Waals surface area contributed by atoms with E-state index >= 15 is 0 Å². The number of ether oxygens (including phenoxy) is 1. The summed E-state index contributed by atoms with van der Waals surface area (Å²) in [6.45, 7) is 1.92. The van der Waals surface area contributed by atoms with Gasteiger partial charge in [-0.25, -0.2) is 9.98 Å². The molecule has 1 saturated heterocycles. The number of benzene rings is 2. The van der Waals surface area contributed by atoms with Crippen LogP contribution in [0.4, 0.5) is 11.4 Å². The molecule has 0 aliphatic carbocycles. The van der Waals surface area contributed by atoms with Crippen molar-refractivity contribution in [2.45, 2.75) is 6.92 Å². The zero-order chi connectivity index (χ0) is 22.7. The number of nitrogens with one attached hydrogen (secondary N) is 1. The Morgan fingerprint density at radius 1 is 1.19 bits per heavy atom. The van der Waals surface area contributed by atoms with E-state index < -0.39 is 4.92 Å². The van der Waals surface area contributed by atoms with E-state index in [0.29, 0.717) is 26.5 Å². The lowest BCUT2D eigenvalue weighted by molar-refractivity contribution is -0.385. The highest BCUT2D eigenvalue weighted by Crippen LogP contribution is 2.31. The summed E-state index contributed by atoms with van der Waals surface area (Å²) in [7, 11) is 0. The fourth-order valence-corrected chi connectivity index (χ4v) is 3.74. The van der Waals surface area contributed by atoms with Gasteiger partial charge in [-0.15, -0.1) is 0 Å². The van der Waals surface area contributed by atoms with Crippen LogP contribution in [0.5, 0.6) is 11.6 Å². The third-order valence-corrected chi connectivity index (χ3v) is 5.52. The minimum Gasteiger partial charge on any atom is -0.439 e. The Balaban J connectivity index is 1.45. The van der Waals surface area contributed by atoms with Crippen molar-refractivity contribution < 1.29 is 14.5 Å². The Kier molecular flexibility index (Phi) is 6.20. The van der Waals surface area contributed by atoms with Crippen molar-refractivity contribution in [2.24, 2.45) is 4.99 Å². The molecule has 1 N–H and O–H groups in total. The van der Waals surface area contributed by atoms with Gasteiger partial charge in [0, 0.05) is 17.2 Å². The van der Waals surface area contributed by atoms with Crippen molar-refractivity contribution in [2.75, 3.05) is 0 Å². The van der Waals surface area contributed by atoms with Crippen molar-refractivity contribution in [3.8, 4) is 11.6 Å². The van der Waals surface area contributed by atoms with Gasteiger partial charge < -0.3 is 10.1 Å². The molecule has 160 valence electrons. The van der Waals surface area contributed by atoms with Crippen LogP contribution in [-0.4, -0.2) is 21.0 Å². The Bertz CT molecular complexity index is 1260. The fourth-order valence-electron chi connectivity index (χ4n) is 2.74. The maximum atomic E-state index is 12.3. The second-order valence-electron chi connectivity index (χ2n) is 6.70. The van der Waals surface area contributed by atoms with E-state index in [9.17, 15) is 14.9 Å². The van der Waals surface area contributed by atoms with Gasteiger partial charge in [0.15, 0.2) is 5.17 Å². The number of hydrogen-bond acceptors (Lipinski definition) is 7. The van der Waals surface area contributed by atoms with E-state index in [2.05, 4.69) is 15.3 Å². The molecule has 4 rings (SSSR count). The molecular formula is C22H15ClN4O4S. The van der Waals surface area contributed by atoms with Gasteiger partial charge in [-0.3, -0.25) is 14.9 Å². The molecule has 2 heterocycles. The van der Waals surface area contributed by atoms with E-state index in [1.54, 1.807) is 42.5 Å². The number of thioether (sulfide) groups is 1. The summed E-state index contributed by atoms with van der Waals surface area (Å²) in [5.74, 6) is 0.518. The summed E-state index contributed by atoms with van der Waals surface area (Å²) < 4.78 is 5.59. The number of amides is 1. The lowest BCUT2D eigenvalue weighted by Crippen LogP contribution is -2.19. The zero-order valence-electron chi connectivity index (χ0n) is 16.6. The molecule has 1 aromatic heterocycles. The summed E-state index contributed by atoms with van der Waals surface area (Å²) >= 11 is 7.28. The van der Waals surface area contributed by atoms with Crippen molar-refractivity contribution in [1.29, 1.82) is 0 Å². The molecule has 0 radical (unpaired) electrons. The number of aryl methyl sites for hydroxylation is 1. The van der Waals surface area contributed by atoms with E-state index in [4.69, 9.17) is 16.3 Å². The van der Waals surface area contributed by atoms with Gasteiger partial charge in [0.2, 0.25) is 5.88 Å². The second-order valence-corrected chi connectivity index (χ2v) is 8.16. The van der Waals surface area contributed by atoms with Gasteiger partial charge in [0.05, 0.1) is 15.5 Å². The van der Waals surface area contributed by atoms with E-state index in [0.717, 1.165) is 17.3 Å². The van der Waals surface area contributed by atoms with Crippen molar-refractivity contribution in [3.05, 3.63) is 92.0 Å². The van der Waals surface area contributed by atoms with Crippen LogP contribution in [0.2, 0.25) is 5.02 Å². The van der Waals surface area contributed by atoms with Gasteiger partial charge in [-0.05, 0) is 60.2 Å². The number of amidine groups is 1. The number of carbonyl (C=O) groups excluding carboxylic acids is 1. The number of nitro groups is 1. The SMILES string of the molecule is Cc1ccc(Cl)cc1N=C1NC(=O)/C(=C/c2ccc(Oc3ccc([N+](=O)[O-])cn3)cc2)S1. The van der Waals surface area contributed by atoms with Crippen LogP contribution in [0.25, 0.3) is 6.08 Å². The molecule has 0 saturated carbocycles. The number of carbonyl (C=O) groups is 1. The van der Waals surface area contributed by atoms with Gasteiger partial charge >= 0.3 is 0 Å². The van der Waals surface area contributed by atoms with Crippen molar-refractivity contribution in [3.63, 3.8) is 0 Å². The zero-order valence-corrected chi connectivity index (χ0v) is 18.2. The molecule has 10 heteroatoms. The molecule has 0 atom stereocenters. The monoisotopic (exact) mass is 466 g/mol. The molecule has 1 fully saturated rings. The molecule has 32 heavy (non-hydrogen) atoms. The molecule has 0 unspecified atom stereocenters. The normalized spacial score (nSPS) is 15.8. The first-order valence-electron chi connectivity index (χ1n) is 9.31. The number of aliphatic imine (C=N–C) groups is 1. The number of halogens is 1. The summed E-state index contributed by atoms with van der Waals surface area (Å²) in [5.41, 5.74) is 2.34. The Hall–Kier alpha value is -3.69. The highest BCUT2D eigenvalue weighted by Gasteiger charge is 2.24. The number of nitrogens with zero attached hydrogens (tertiary/aromatic N) is 3. The van der Waals surface area contributed by atoms with Crippen LogP contribution >= 0.6 is 23.4 Å². The Labute approximate surface area is 192 Å². The van der Waals surface area contributed by atoms with Crippen molar-refractivity contribution in [1.82, 2.24) is 10.3 Å². The lowest BCUT2D eigenvalue weighted by Gasteiger charge is -2.04. The number of rotatable bonds is 5. The first-order chi connectivity index (χ1) is 15.4. The van der Waals surface area contributed by atoms with Gasteiger partial charge in [0.25, 0.3) is 11.6 Å². The minimum absolute atomic E-state index is 0.111. The maximum absolute atomic E-state index is 12.3. The standard InChI is InChI=1S/C22H15ClN4O4S/c1-13-2-5-15(23)11-18(13)25-22-26-21(28)19(32-22)10-14-3-7-17(8-4-14)31-20-9-6-16(12-24-20)27(29)30/h2-12H,1H3,(H,25,26,28)/b19-10-. The second kappa shape index (κ2) is 9.21. The van der Waals surface area contributed by atoms with Crippen LogP contribution in [0, 0.1) is 17.0 Å². The maximum Gasteiger partial charge on any atom is 0.287 e. The first-order valence-corrected chi connectivity index (χ1v) is 10.5. The molecule has 1 aliphatic heterocycles. The highest BCUT2D eigenvalue weighted by molar-refractivity contribution is 8.18. The summed E-state index contributed by atoms with van der Waals surface area (Å²) in [5, 5.41) is 14.5. The average molecular weight is 467 g/mol. The molecule has 0 spiro atoms. The molecule has 0 bridgehead atoms. The van der Waals surface area contributed by atoms with Crippen molar-refractivity contribution >= 4 is 51.9 Å². The quantitative estimate of drug-likeness (QED) is 0.296. The predicted molar refractivity (Wildman–Crippen MR) is 124 cm³/mol. The number of pyridine rings is 1. The van der Waals surface area contributed by atoms with Crippen LogP contribution < -0.4 is 10.1 Å². The van der Waals surface area contributed by atoms with Crippen LogP contribution in [0.3, 0.4) is 0 Å². The Morgan fingerprint density at radius 3 is 2.66 bits per heavy atom. The van der Waals surface area contributed by atoms with E-state index in [-0.39, 0.29) is 17.5 Å².